The first-order valence-corrected chi connectivity index (χ1v) is 9.25. The van der Waals surface area contributed by atoms with E-state index in [1.165, 1.54) is 19.1 Å². The molecule has 0 aromatic heterocycles. The van der Waals surface area contributed by atoms with Gasteiger partial charge in [-0.1, -0.05) is 30.2 Å². The van der Waals surface area contributed by atoms with E-state index in [1.807, 2.05) is 0 Å². The minimum atomic E-state index is -2.35. The van der Waals surface area contributed by atoms with Crippen LogP contribution in [0.4, 0.5) is 0 Å². The van der Waals surface area contributed by atoms with Gasteiger partial charge in [0.1, 0.15) is 0 Å². The maximum absolute atomic E-state index is 13.4. The first-order valence-electron chi connectivity index (χ1n) is 14.7. The summed E-state index contributed by atoms with van der Waals surface area (Å²) >= 11 is 0. The number of rotatable bonds is 6. The SMILES string of the molecule is [2H]c1c([2H])c([2H])c(C([2H])([2H])N2CCC(CC3C(=O)c4c([2H])c(OC)c(OC)c([2H])c4C3([2H])[2H])CC2)c([2H])c1[2H]. The van der Waals surface area contributed by atoms with Gasteiger partial charge in [0.05, 0.1) is 23.8 Å². The highest BCUT2D eigenvalue weighted by molar-refractivity contribution is 6.02. The number of methoxy groups -OCH3 is 2. The minimum absolute atomic E-state index is 0.103. The molecule has 2 aromatic carbocycles. The van der Waals surface area contributed by atoms with Crippen molar-refractivity contribution in [3.8, 4) is 11.5 Å². The Morgan fingerprint density at radius 2 is 1.82 bits per heavy atom. The molecule has 1 fully saturated rings. The monoisotopic (exact) mass is 390 g/mol. The maximum atomic E-state index is 13.4. The number of ketones is 1. The molecule has 1 saturated heterocycles. The highest BCUT2D eigenvalue weighted by Gasteiger charge is 2.34. The summed E-state index contributed by atoms with van der Waals surface area (Å²) < 4.78 is 102. The van der Waals surface area contributed by atoms with E-state index in [-0.39, 0.29) is 60.1 Å². The molecule has 4 nitrogen and oxygen atoms in total. The van der Waals surface area contributed by atoms with Crippen LogP contribution in [-0.2, 0) is 12.9 Å². The van der Waals surface area contributed by atoms with Gasteiger partial charge in [-0.2, -0.15) is 0 Å². The van der Waals surface area contributed by atoms with Crippen LogP contribution in [0.3, 0.4) is 0 Å². The van der Waals surface area contributed by atoms with E-state index in [4.69, 9.17) is 24.6 Å². The molecule has 0 N–H and O–H groups in total. The fourth-order valence-electron chi connectivity index (χ4n) is 3.70. The van der Waals surface area contributed by atoms with E-state index in [0.29, 0.717) is 12.8 Å². The molecule has 1 heterocycles. The molecule has 0 spiro atoms. The quantitative estimate of drug-likeness (QED) is 0.735. The number of hydrogen-bond acceptors (Lipinski definition) is 4. The fourth-order valence-corrected chi connectivity index (χ4v) is 3.70. The van der Waals surface area contributed by atoms with E-state index in [2.05, 4.69) is 0 Å². The molecular weight excluding hydrogens is 350 g/mol. The molecule has 4 heteroatoms. The van der Waals surface area contributed by atoms with Crippen molar-refractivity contribution in [2.24, 2.45) is 11.8 Å². The van der Waals surface area contributed by atoms with Crippen molar-refractivity contribution in [2.45, 2.75) is 32.1 Å². The van der Waals surface area contributed by atoms with Crippen LogP contribution in [0.1, 0.15) is 55.8 Å². The van der Waals surface area contributed by atoms with Crippen LogP contribution in [0.5, 0.6) is 11.5 Å². The van der Waals surface area contributed by atoms with Gasteiger partial charge in [0.2, 0.25) is 0 Å². The lowest BCUT2D eigenvalue weighted by Crippen LogP contribution is -2.34. The van der Waals surface area contributed by atoms with Crippen LogP contribution in [0.25, 0.3) is 0 Å². The Morgan fingerprint density at radius 3 is 2.50 bits per heavy atom. The second kappa shape index (κ2) is 8.36. The molecule has 148 valence electrons. The summed E-state index contributed by atoms with van der Waals surface area (Å²) in [5.41, 5.74) is -0.795. The molecule has 4 rings (SSSR count). The lowest BCUT2D eigenvalue weighted by atomic mass is 9.85. The van der Waals surface area contributed by atoms with Gasteiger partial charge in [-0.3, -0.25) is 9.69 Å². The number of carbonyl (C=O) groups is 1. The minimum Gasteiger partial charge on any atom is -0.493 e. The Labute approximate surface area is 182 Å². The largest absolute Gasteiger partial charge is 0.493 e. The second-order valence-electron chi connectivity index (χ2n) is 6.91. The van der Waals surface area contributed by atoms with Crippen molar-refractivity contribution in [3.63, 3.8) is 0 Å². The van der Waals surface area contributed by atoms with Crippen molar-refractivity contribution in [1.82, 2.24) is 4.90 Å². The molecule has 2 aromatic rings. The third-order valence-electron chi connectivity index (χ3n) is 5.18. The summed E-state index contributed by atoms with van der Waals surface area (Å²) in [6.45, 7) is -2.03. The molecule has 1 atom stereocenters. The highest BCUT2D eigenvalue weighted by Crippen LogP contribution is 2.39. The predicted octanol–water partition coefficient (Wildman–Crippen LogP) is 4.36. The molecule has 0 bridgehead atoms. The Balaban J connectivity index is 1.56. The molecule has 0 amide bonds. The zero-order valence-corrected chi connectivity index (χ0v) is 15.9. The average molecular weight is 391 g/mol. The van der Waals surface area contributed by atoms with Gasteiger partial charge in [-0.25, -0.2) is 0 Å². The van der Waals surface area contributed by atoms with E-state index < -0.39 is 60.3 Å². The number of fused-ring (bicyclic) bond motifs is 1. The number of piperidine rings is 1. The molecule has 1 unspecified atom stereocenters. The first-order chi connectivity index (χ1) is 18.1. The fraction of sp³-hybridized carbons (Fsp3) is 0.458. The molecule has 1 aliphatic heterocycles. The van der Waals surface area contributed by atoms with Gasteiger partial charge in [0, 0.05) is 23.5 Å². The zero-order chi connectivity index (χ0) is 29.2. The van der Waals surface area contributed by atoms with Crippen molar-refractivity contribution < 1.29 is 29.3 Å². The van der Waals surface area contributed by atoms with Crippen molar-refractivity contribution in [3.05, 3.63) is 59.0 Å². The summed E-state index contributed by atoms with van der Waals surface area (Å²) in [7, 11) is 2.56. The third kappa shape index (κ3) is 3.93. The van der Waals surface area contributed by atoms with Crippen molar-refractivity contribution in [2.75, 3.05) is 27.3 Å². The molecule has 2 aliphatic rings. The zero-order valence-electron chi connectivity index (χ0n) is 26.9. The van der Waals surface area contributed by atoms with Gasteiger partial charge in [-0.15, -0.1) is 0 Å². The van der Waals surface area contributed by atoms with Gasteiger partial charge < -0.3 is 9.47 Å². The van der Waals surface area contributed by atoms with Crippen molar-refractivity contribution >= 4 is 5.78 Å². The molecule has 0 radical (unpaired) electrons. The summed E-state index contributed by atoms with van der Waals surface area (Å²) in [5, 5.41) is 0. The predicted molar refractivity (Wildman–Crippen MR) is 110 cm³/mol. The third-order valence-corrected chi connectivity index (χ3v) is 5.18. The van der Waals surface area contributed by atoms with Crippen LogP contribution in [-0.4, -0.2) is 38.0 Å². The Morgan fingerprint density at radius 1 is 1.14 bits per heavy atom. The Bertz CT molecular complexity index is 1310. The van der Waals surface area contributed by atoms with Crippen LogP contribution >= 0.6 is 0 Å². The van der Waals surface area contributed by atoms with E-state index in [0.717, 1.165) is 0 Å². The van der Waals surface area contributed by atoms with Crippen LogP contribution in [0, 0.1) is 11.8 Å². The topological polar surface area (TPSA) is 38.8 Å². The lowest BCUT2D eigenvalue weighted by molar-refractivity contribution is 0.0895. The standard InChI is InChI=1S/C24H29NO3/c1-27-22-14-19-13-20(24(26)21(19)15-23(22)28-2)12-17-8-10-25(11-9-17)16-18-6-4-3-5-7-18/h3-7,14-15,17,20H,8-13,16H2,1-2H3/i3D,4D,5D,6D,7D,13D2,14D,15D,16D2. The maximum Gasteiger partial charge on any atom is 0.166 e. The average Bonchev–Trinajstić information content (AvgIpc) is 3.09. The van der Waals surface area contributed by atoms with Crippen molar-refractivity contribution in [1.29, 1.82) is 0 Å². The van der Waals surface area contributed by atoms with Gasteiger partial charge in [0.25, 0.3) is 0 Å². The van der Waals surface area contributed by atoms with E-state index in [1.54, 1.807) is 0 Å². The van der Waals surface area contributed by atoms with E-state index >= 15 is 0 Å². The number of Topliss-reactive ketones (excluding diaryl/α,β-unsaturated/α-hetero) is 1. The number of nitrogens with zero attached hydrogens (tertiary/aromatic N) is 1. The molecule has 28 heavy (non-hydrogen) atoms. The van der Waals surface area contributed by atoms with Crippen LogP contribution in [0.2, 0.25) is 0 Å². The van der Waals surface area contributed by atoms with Gasteiger partial charge in [-0.05, 0) is 67.9 Å². The molecule has 0 saturated carbocycles. The van der Waals surface area contributed by atoms with Gasteiger partial charge in [0.15, 0.2) is 17.3 Å². The number of ether oxygens (including phenoxy) is 2. The summed E-state index contributed by atoms with van der Waals surface area (Å²) in [6.07, 6.45) is -1.35. The number of likely N-dealkylation sites (tertiary alicyclic amines) is 1. The highest BCUT2D eigenvalue weighted by atomic mass is 16.5. The van der Waals surface area contributed by atoms with E-state index in [9.17, 15) is 4.79 Å². The van der Waals surface area contributed by atoms with Crippen LogP contribution in [0.15, 0.2) is 42.3 Å². The normalized spacial score (nSPS) is 28.1. The first kappa shape index (κ1) is 9.93. The second-order valence-corrected chi connectivity index (χ2v) is 6.91. The number of benzene rings is 2. The van der Waals surface area contributed by atoms with Crippen LogP contribution < -0.4 is 9.47 Å². The van der Waals surface area contributed by atoms with Gasteiger partial charge >= 0.3 is 0 Å². The smallest absolute Gasteiger partial charge is 0.166 e. The molecular formula is C24H29NO3. The summed E-state index contributed by atoms with van der Waals surface area (Å²) in [4.78, 5) is 14.8. The lowest BCUT2D eigenvalue weighted by Gasteiger charge is -2.32. The summed E-state index contributed by atoms with van der Waals surface area (Å²) in [5.74, 6) is -2.11. The number of carbonyl (C=O) groups excluding carboxylic acids is 1. The summed E-state index contributed by atoms with van der Waals surface area (Å²) in [6, 6.07) is -3.66. The number of hydrogen-bond donors (Lipinski definition) is 0. The Kier molecular flexibility index (Phi) is 2.96. The Hall–Kier alpha value is -2.33. The molecule has 1 aliphatic carbocycles.